The van der Waals surface area contributed by atoms with Crippen LogP contribution in [0.4, 0.5) is 13.2 Å². The van der Waals surface area contributed by atoms with Gasteiger partial charge in [-0.25, -0.2) is 13.1 Å². The first-order chi connectivity index (χ1) is 16.9. The number of aryl methyl sites for hydroxylation is 2. The van der Waals surface area contributed by atoms with Crippen molar-refractivity contribution in [1.29, 1.82) is 0 Å². The number of benzene rings is 1. The Kier molecular flexibility index (Phi) is 9.96. The van der Waals surface area contributed by atoms with Crippen LogP contribution in [-0.4, -0.2) is 66.5 Å². The number of halogens is 5. The molecule has 4 rings (SSSR count). The van der Waals surface area contributed by atoms with Gasteiger partial charge in [-0.3, -0.25) is 9.58 Å². The van der Waals surface area contributed by atoms with Crippen molar-refractivity contribution in [3.05, 3.63) is 52.3 Å². The number of aromatic nitrogens is 2. The van der Waals surface area contributed by atoms with Crippen molar-refractivity contribution < 1.29 is 26.3 Å². The maximum Gasteiger partial charge on any atom is 0.511 e. The molecule has 0 bridgehead atoms. The second-order valence-electron chi connectivity index (χ2n) is 9.77. The van der Waals surface area contributed by atoms with Gasteiger partial charge in [-0.05, 0) is 62.8 Å². The molecular weight excluding hydrogens is 552 g/mol. The minimum absolute atomic E-state index is 0. The lowest BCUT2D eigenvalue weighted by Crippen LogP contribution is -2.57. The maximum absolute atomic E-state index is 12.8. The molecule has 2 aliphatic rings. The summed E-state index contributed by atoms with van der Waals surface area (Å²) >= 11 is 6.03. The quantitative estimate of drug-likeness (QED) is 0.515. The SMILES string of the molecule is Cc1cc(C2CCC(N3C[C@H](CNS(=O)(=O)C(F)(F)F)OC[C@@H]3Cc3ccc(Cl)cc3)CC2)nn1C.Cl. The zero-order valence-electron chi connectivity index (χ0n) is 20.7. The van der Waals surface area contributed by atoms with Gasteiger partial charge >= 0.3 is 15.5 Å². The van der Waals surface area contributed by atoms with Crippen molar-refractivity contribution in [2.24, 2.45) is 7.05 Å². The molecule has 2 heterocycles. The number of hydrogen-bond donors (Lipinski definition) is 1. The summed E-state index contributed by atoms with van der Waals surface area (Å²) in [6, 6.07) is 9.98. The van der Waals surface area contributed by atoms with Crippen molar-refractivity contribution in [2.75, 3.05) is 19.7 Å². The molecule has 2 atom stereocenters. The summed E-state index contributed by atoms with van der Waals surface area (Å²) in [5.41, 5.74) is -2.03. The van der Waals surface area contributed by atoms with Gasteiger partial charge in [0.05, 0.1) is 18.4 Å². The predicted molar refractivity (Wildman–Crippen MR) is 139 cm³/mol. The van der Waals surface area contributed by atoms with Gasteiger partial charge in [0, 0.05) is 48.9 Å². The minimum Gasteiger partial charge on any atom is -0.374 e. The fourth-order valence-corrected chi connectivity index (χ4v) is 5.89. The van der Waals surface area contributed by atoms with Crippen LogP contribution in [0.15, 0.2) is 30.3 Å². The molecule has 1 aromatic heterocycles. The molecule has 0 unspecified atom stereocenters. The van der Waals surface area contributed by atoms with Gasteiger partial charge in [-0.2, -0.15) is 18.3 Å². The number of hydrogen-bond acceptors (Lipinski definition) is 5. The normalized spacial score (nSPS) is 25.6. The van der Waals surface area contributed by atoms with E-state index in [1.54, 1.807) is 4.72 Å². The van der Waals surface area contributed by atoms with Crippen LogP contribution in [0.3, 0.4) is 0 Å². The average Bonchev–Trinajstić information content (AvgIpc) is 3.17. The molecule has 208 valence electrons. The van der Waals surface area contributed by atoms with E-state index in [1.165, 1.54) is 0 Å². The number of morpholine rings is 1. The van der Waals surface area contributed by atoms with E-state index in [-0.39, 0.29) is 24.5 Å². The molecule has 13 heteroatoms. The van der Waals surface area contributed by atoms with Crippen molar-refractivity contribution in [3.63, 3.8) is 0 Å². The van der Waals surface area contributed by atoms with Crippen LogP contribution in [0.5, 0.6) is 0 Å². The molecule has 2 aromatic rings. The standard InChI is InChI=1S/C24H32ClF3N4O3S.ClH/c1-16-11-23(30-31(16)2)18-5-9-20(10-6-18)32-14-22(13-29-36(33,34)24(26,27)28)35-15-21(32)12-17-3-7-19(25)8-4-17;/h3-4,7-8,11,18,20-22,29H,5-6,9-10,12-15H2,1-2H3;1H/t18?,20?,21-,22-;/m0./s1. The first-order valence-corrected chi connectivity index (χ1v) is 14.0. The van der Waals surface area contributed by atoms with Crippen LogP contribution in [0, 0.1) is 6.92 Å². The molecule has 1 saturated carbocycles. The average molecular weight is 586 g/mol. The van der Waals surface area contributed by atoms with Gasteiger partial charge in [0.1, 0.15) is 0 Å². The third kappa shape index (κ3) is 7.39. The van der Waals surface area contributed by atoms with Gasteiger partial charge in [-0.1, -0.05) is 23.7 Å². The van der Waals surface area contributed by atoms with E-state index in [9.17, 15) is 21.6 Å². The first kappa shape index (κ1) is 30.2. The molecule has 1 N–H and O–H groups in total. The summed E-state index contributed by atoms with van der Waals surface area (Å²) < 4.78 is 70.7. The van der Waals surface area contributed by atoms with Crippen LogP contribution in [0.25, 0.3) is 0 Å². The maximum atomic E-state index is 12.8. The van der Waals surface area contributed by atoms with E-state index in [0.29, 0.717) is 30.5 Å². The smallest absolute Gasteiger partial charge is 0.374 e. The molecule has 2 fully saturated rings. The van der Waals surface area contributed by atoms with E-state index < -0.39 is 28.2 Å². The summed E-state index contributed by atoms with van der Waals surface area (Å²) in [5, 5.41) is 5.29. The van der Waals surface area contributed by atoms with Crippen molar-refractivity contribution in [1.82, 2.24) is 19.4 Å². The molecule has 0 radical (unpaired) electrons. The van der Waals surface area contributed by atoms with Gasteiger partial charge in [0.2, 0.25) is 0 Å². The molecule has 1 aliphatic heterocycles. The van der Waals surface area contributed by atoms with Crippen molar-refractivity contribution >= 4 is 34.0 Å². The summed E-state index contributed by atoms with van der Waals surface area (Å²) in [6.45, 7) is 2.27. The van der Waals surface area contributed by atoms with Gasteiger partial charge in [0.25, 0.3) is 0 Å². The van der Waals surface area contributed by atoms with E-state index in [0.717, 1.165) is 42.6 Å². The molecular formula is C24H33Cl2F3N4O3S. The van der Waals surface area contributed by atoms with Crippen molar-refractivity contribution in [3.8, 4) is 0 Å². The van der Waals surface area contributed by atoms with Crippen molar-refractivity contribution in [2.45, 2.75) is 68.6 Å². The minimum atomic E-state index is -5.42. The van der Waals surface area contributed by atoms with Crippen LogP contribution >= 0.6 is 24.0 Å². The summed E-state index contributed by atoms with van der Waals surface area (Å²) in [6.07, 6.45) is 3.84. The van der Waals surface area contributed by atoms with E-state index in [2.05, 4.69) is 16.1 Å². The Hall–Kier alpha value is -1.37. The van der Waals surface area contributed by atoms with Crippen LogP contribution in [-0.2, 0) is 28.2 Å². The fourth-order valence-electron chi connectivity index (χ4n) is 5.19. The second-order valence-corrected chi connectivity index (χ2v) is 12.0. The third-order valence-corrected chi connectivity index (χ3v) is 8.72. The summed E-state index contributed by atoms with van der Waals surface area (Å²) in [5.74, 6) is 0.381. The fraction of sp³-hybridized carbons (Fsp3) is 0.625. The van der Waals surface area contributed by atoms with Gasteiger partial charge in [-0.15, -0.1) is 12.4 Å². The lowest BCUT2D eigenvalue weighted by molar-refractivity contribution is -0.0823. The molecule has 0 spiro atoms. The number of nitrogens with zero attached hydrogens (tertiary/aromatic N) is 3. The van der Waals surface area contributed by atoms with E-state index in [4.69, 9.17) is 16.3 Å². The first-order valence-electron chi connectivity index (χ1n) is 12.1. The zero-order valence-corrected chi connectivity index (χ0v) is 23.1. The van der Waals surface area contributed by atoms with Crippen LogP contribution < -0.4 is 4.72 Å². The third-order valence-electron chi connectivity index (χ3n) is 7.31. The highest BCUT2D eigenvalue weighted by atomic mass is 35.5. The Morgan fingerprint density at radius 1 is 1.16 bits per heavy atom. The zero-order chi connectivity index (χ0) is 26.1. The Morgan fingerprint density at radius 2 is 1.81 bits per heavy atom. The Morgan fingerprint density at radius 3 is 2.38 bits per heavy atom. The predicted octanol–water partition coefficient (Wildman–Crippen LogP) is 4.58. The van der Waals surface area contributed by atoms with Crippen LogP contribution in [0.2, 0.25) is 5.02 Å². The van der Waals surface area contributed by atoms with Gasteiger partial charge < -0.3 is 4.74 Å². The van der Waals surface area contributed by atoms with Crippen LogP contribution in [0.1, 0.15) is 48.6 Å². The number of sulfonamides is 1. The topological polar surface area (TPSA) is 76.5 Å². The molecule has 7 nitrogen and oxygen atoms in total. The number of nitrogens with one attached hydrogen (secondary N) is 1. The Labute approximate surface area is 227 Å². The monoisotopic (exact) mass is 584 g/mol. The molecule has 1 aliphatic carbocycles. The van der Waals surface area contributed by atoms with E-state index >= 15 is 0 Å². The largest absolute Gasteiger partial charge is 0.511 e. The number of ether oxygens (including phenoxy) is 1. The summed E-state index contributed by atoms with van der Waals surface area (Å²) in [7, 11) is -3.48. The Bertz CT molecular complexity index is 1120. The highest BCUT2D eigenvalue weighted by Crippen LogP contribution is 2.36. The summed E-state index contributed by atoms with van der Waals surface area (Å²) in [4.78, 5) is 2.31. The molecule has 1 aromatic carbocycles. The number of rotatable bonds is 7. The van der Waals surface area contributed by atoms with Gasteiger partial charge in [0.15, 0.2) is 0 Å². The molecule has 0 amide bonds. The molecule has 37 heavy (non-hydrogen) atoms. The second kappa shape index (κ2) is 12.2. The lowest BCUT2D eigenvalue weighted by atomic mass is 9.82. The molecule has 1 saturated heterocycles. The highest BCUT2D eigenvalue weighted by Gasteiger charge is 2.46. The number of alkyl halides is 3. The highest BCUT2D eigenvalue weighted by molar-refractivity contribution is 7.90. The Balaban J connectivity index is 0.00000380. The van der Waals surface area contributed by atoms with E-state index in [1.807, 2.05) is 42.9 Å². The lowest BCUT2D eigenvalue weighted by Gasteiger charge is -2.46.